The number of methoxy groups -OCH3 is 1. The highest BCUT2D eigenvalue weighted by Gasteiger charge is 2.25. The summed E-state index contributed by atoms with van der Waals surface area (Å²) >= 11 is 0. The smallest absolute Gasteiger partial charge is 0.260 e. The Morgan fingerprint density at radius 3 is 2.35 bits per heavy atom. The largest absolute Gasteiger partial charge is 0.497 e. The van der Waals surface area contributed by atoms with Crippen LogP contribution in [-0.4, -0.2) is 75.7 Å². The first-order valence-corrected chi connectivity index (χ1v) is 11.1. The molecule has 0 unspecified atom stereocenters. The van der Waals surface area contributed by atoms with Crippen LogP contribution in [0.5, 0.6) is 11.5 Å². The van der Waals surface area contributed by atoms with Gasteiger partial charge in [0.25, 0.3) is 5.91 Å². The second-order valence-electron chi connectivity index (χ2n) is 8.04. The fourth-order valence-corrected chi connectivity index (χ4v) is 3.90. The van der Waals surface area contributed by atoms with Gasteiger partial charge >= 0.3 is 0 Å². The molecule has 4 aromatic rings. The van der Waals surface area contributed by atoms with E-state index in [1.807, 2.05) is 60.4 Å². The molecule has 1 saturated heterocycles. The van der Waals surface area contributed by atoms with Crippen molar-refractivity contribution in [1.29, 1.82) is 0 Å². The predicted octanol–water partition coefficient (Wildman–Crippen LogP) is 2.26. The van der Waals surface area contributed by atoms with Gasteiger partial charge in [0.2, 0.25) is 0 Å². The van der Waals surface area contributed by atoms with Crippen LogP contribution in [-0.2, 0) is 4.79 Å². The fraction of sp³-hybridized carbons (Fsp3) is 0.292. The van der Waals surface area contributed by atoms with E-state index in [1.54, 1.807) is 11.8 Å². The lowest BCUT2D eigenvalue weighted by Gasteiger charge is -2.35. The average Bonchev–Trinajstić information content (AvgIpc) is 3.33. The molecule has 0 radical (unpaired) electrons. The number of hydrogen-bond acceptors (Lipinski definition) is 8. The lowest BCUT2D eigenvalue weighted by atomic mass is 10.2. The van der Waals surface area contributed by atoms with Crippen molar-refractivity contribution in [1.82, 2.24) is 29.9 Å². The Morgan fingerprint density at radius 1 is 0.941 bits per heavy atom. The monoisotopic (exact) mass is 459 g/mol. The second-order valence-corrected chi connectivity index (χ2v) is 8.04. The highest BCUT2D eigenvalue weighted by molar-refractivity contribution is 5.84. The summed E-state index contributed by atoms with van der Waals surface area (Å²) in [5.41, 5.74) is 3.23. The van der Waals surface area contributed by atoms with Crippen molar-refractivity contribution in [3.8, 4) is 17.2 Å². The molecule has 174 valence electrons. The summed E-state index contributed by atoms with van der Waals surface area (Å²) in [5, 5.41) is 8.64. The third kappa shape index (κ3) is 4.34. The van der Waals surface area contributed by atoms with E-state index in [0.29, 0.717) is 48.9 Å². The molecule has 10 nitrogen and oxygen atoms in total. The minimum atomic E-state index is -0.0292. The maximum Gasteiger partial charge on any atom is 0.260 e. The molecule has 0 aliphatic carbocycles. The first-order chi connectivity index (χ1) is 16.6. The SMILES string of the molecule is COc1ccc(-n2nnc3c(N4CCN(C(=O)COc5ccc(C)cc5)CC4)ncnc32)cc1. The number of amides is 1. The van der Waals surface area contributed by atoms with E-state index >= 15 is 0 Å². The normalized spacial score (nSPS) is 13.8. The van der Waals surface area contributed by atoms with Crippen molar-refractivity contribution in [2.24, 2.45) is 0 Å². The van der Waals surface area contributed by atoms with E-state index in [0.717, 1.165) is 17.0 Å². The summed E-state index contributed by atoms with van der Waals surface area (Å²) in [4.78, 5) is 25.4. The third-order valence-electron chi connectivity index (χ3n) is 5.85. The molecule has 1 amide bonds. The van der Waals surface area contributed by atoms with Crippen LogP contribution in [0.25, 0.3) is 16.9 Å². The molecule has 10 heteroatoms. The number of hydrogen-bond donors (Lipinski definition) is 0. The van der Waals surface area contributed by atoms with Gasteiger partial charge in [0.1, 0.15) is 17.8 Å². The van der Waals surface area contributed by atoms with Crippen LogP contribution in [0, 0.1) is 6.92 Å². The van der Waals surface area contributed by atoms with Crippen molar-refractivity contribution in [3.63, 3.8) is 0 Å². The number of nitrogens with zero attached hydrogens (tertiary/aromatic N) is 7. The van der Waals surface area contributed by atoms with Crippen LogP contribution in [0.1, 0.15) is 5.56 Å². The summed E-state index contributed by atoms with van der Waals surface area (Å²) < 4.78 is 12.6. The standard InChI is InChI=1S/C24H25N7O3/c1-17-3-7-20(8-4-17)34-15-21(32)29-11-13-30(14-12-29)23-22-24(26-16-25-23)31(28-27-22)18-5-9-19(33-2)10-6-18/h3-10,16H,11-15H2,1-2H3. The van der Waals surface area contributed by atoms with E-state index in [4.69, 9.17) is 9.47 Å². The van der Waals surface area contributed by atoms with Gasteiger partial charge in [0, 0.05) is 26.2 Å². The van der Waals surface area contributed by atoms with E-state index in [-0.39, 0.29) is 12.5 Å². The van der Waals surface area contributed by atoms with Crippen molar-refractivity contribution in [2.45, 2.75) is 6.92 Å². The summed E-state index contributed by atoms with van der Waals surface area (Å²) in [7, 11) is 1.63. The topological polar surface area (TPSA) is 98.5 Å². The minimum absolute atomic E-state index is 0.0248. The van der Waals surface area contributed by atoms with E-state index in [9.17, 15) is 4.79 Å². The molecule has 1 fully saturated rings. The van der Waals surface area contributed by atoms with Crippen LogP contribution in [0.4, 0.5) is 5.82 Å². The molecule has 2 aromatic carbocycles. The first kappa shape index (κ1) is 21.6. The van der Waals surface area contributed by atoms with E-state index < -0.39 is 0 Å². The molecular weight excluding hydrogens is 434 g/mol. The molecule has 0 bridgehead atoms. The van der Waals surface area contributed by atoms with Gasteiger partial charge in [-0.15, -0.1) is 5.10 Å². The van der Waals surface area contributed by atoms with Crippen LogP contribution >= 0.6 is 0 Å². The quantitative estimate of drug-likeness (QED) is 0.433. The molecule has 0 atom stereocenters. The summed E-state index contributed by atoms with van der Waals surface area (Å²) in [6, 6.07) is 15.2. The molecule has 0 saturated carbocycles. The number of anilines is 1. The number of aryl methyl sites for hydroxylation is 1. The van der Waals surface area contributed by atoms with Crippen LogP contribution in [0.3, 0.4) is 0 Å². The maximum absolute atomic E-state index is 12.6. The molecule has 3 heterocycles. The van der Waals surface area contributed by atoms with Crippen molar-refractivity contribution in [2.75, 3.05) is 44.8 Å². The zero-order valence-corrected chi connectivity index (χ0v) is 19.1. The number of carbonyl (C=O) groups is 1. The lowest BCUT2D eigenvalue weighted by Crippen LogP contribution is -2.50. The first-order valence-electron chi connectivity index (χ1n) is 11.1. The molecule has 2 aromatic heterocycles. The highest BCUT2D eigenvalue weighted by Crippen LogP contribution is 2.24. The Bertz CT molecular complexity index is 1280. The zero-order valence-electron chi connectivity index (χ0n) is 19.1. The van der Waals surface area contributed by atoms with E-state index in [1.165, 1.54) is 6.33 Å². The molecule has 34 heavy (non-hydrogen) atoms. The molecule has 5 rings (SSSR count). The van der Waals surface area contributed by atoms with Gasteiger partial charge in [-0.05, 0) is 43.3 Å². The maximum atomic E-state index is 12.6. The molecule has 1 aliphatic rings. The second kappa shape index (κ2) is 9.34. The predicted molar refractivity (Wildman–Crippen MR) is 126 cm³/mol. The Labute approximate surface area is 196 Å². The third-order valence-corrected chi connectivity index (χ3v) is 5.85. The Hall–Kier alpha value is -4.21. The lowest BCUT2D eigenvalue weighted by molar-refractivity contribution is -0.133. The number of rotatable bonds is 6. The van der Waals surface area contributed by atoms with Gasteiger partial charge in [-0.3, -0.25) is 4.79 Å². The van der Waals surface area contributed by atoms with Gasteiger partial charge in [-0.2, -0.15) is 4.68 Å². The summed E-state index contributed by atoms with van der Waals surface area (Å²) in [6.07, 6.45) is 1.52. The van der Waals surface area contributed by atoms with Gasteiger partial charge < -0.3 is 19.3 Å². The molecule has 0 N–H and O–H groups in total. The van der Waals surface area contributed by atoms with Gasteiger partial charge in [0.05, 0.1) is 12.8 Å². The van der Waals surface area contributed by atoms with Crippen molar-refractivity contribution in [3.05, 3.63) is 60.4 Å². The molecular formula is C24H25N7O3. The number of aromatic nitrogens is 5. The average molecular weight is 460 g/mol. The van der Waals surface area contributed by atoms with Gasteiger partial charge in [-0.1, -0.05) is 22.9 Å². The Kier molecular flexibility index (Phi) is 5.94. The van der Waals surface area contributed by atoms with Gasteiger partial charge in [0.15, 0.2) is 23.6 Å². The van der Waals surface area contributed by atoms with Crippen molar-refractivity contribution < 1.29 is 14.3 Å². The summed E-state index contributed by atoms with van der Waals surface area (Å²) in [5.74, 6) is 2.15. The van der Waals surface area contributed by atoms with Crippen LogP contribution in [0.2, 0.25) is 0 Å². The van der Waals surface area contributed by atoms with Gasteiger partial charge in [-0.25, -0.2) is 9.97 Å². The number of ether oxygens (including phenoxy) is 2. The zero-order chi connectivity index (χ0) is 23.5. The Balaban J connectivity index is 1.25. The number of benzene rings is 2. The molecule has 0 spiro atoms. The number of fused-ring (bicyclic) bond motifs is 1. The Morgan fingerprint density at radius 2 is 1.65 bits per heavy atom. The van der Waals surface area contributed by atoms with Crippen LogP contribution < -0.4 is 14.4 Å². The summed E-state index contributed by atoms with van der Waals surface area (Å²) in [6.45, 7) is 4.47. The number of carbonyl (C=O) groups excluding carboxylic acids is 1. The van der Waals surface area contributed by atoms with Crippen LogP contribution in [0.15, 0.2) is 54.9 Å². The van der Waals surface area contributed by atoms with E-state index in [2.05, 4.69) is 25.2 Å². The number of piperazine rings is 1. The minimum Gasteiger partial charge on any atom is -0.497 e. The fourth-order valence-electron chi connectivity index (χ4n) is 3.90. The van der Waals surface area contributed by atoms with Crippen molar-refractivity contribution >= 4 is 22.9 Å². The molecule has 1 aliphatic heterocycles. The highest BCUT2D eigenvalue weighted by atomic mass is 16.5.